The Morgan fingerprint density at radius 1 is 1.04 bits per heavy atom. The van der Waals surface area contributed by atoms with Gasteiger partial charge in [-0.2, -0.15) is 4.98 Å². The van der Waals surface area contributed by atoms with Crippen LogP contribution in [0.5, 0.6) is 0 Å². The van der Waals surface area contributed by atoms with E-state index in [-0.39, 0.29) is 19.2 Å². The zero-order chi connectivity index (χ0) is 19.2. The first-order chi connectivity index (χ1) is 13.0. The predicted octanol–water partition coefficient (Wildman–Crippen LogP) is 3.22. The van der Waals surface area contributed by atoms with Crippen LogP contribution in [0.4, 0.5) is 20.5 Å². The van der Waals surface area contributed by atoms with Crippen molar-refractivity contribution in [2.75, 3.05) is 17.2 Å². The standard InChI is InChI=1S/C19H19F2N5O/c1-12(11-27)24-19-25-17(14-4-6-22-7-5-14)9-18(26-19)23-10-13-2-3-15(20)16(21)8-13/h2-9,12,27H,10-11H2,1H3,(H2,23,24,25,26)/t12-/m0/s1. The summed E-state index contributed by atoms with van der Waals surface area (Å²) < 4.78 is 26.4. The molecule has 0 aliphatic heterocycles. The Bertz CT molecular complexity index is 908. The molecule has 0 amide bonds. The van der Waals surface area contributed by atoms with Crippen LogP contribution >= 0.6 is 0 Å². The number of anilines is 2. The van der Waals surface area contributed by atoms with E-state index in [1.165, 1.54) is 6.07 Å². The van der Waals surface area contributed by atoms with Crippen LogP contribution in [0.2, 0.25) is 0 Å². The van der Waals surface area contributed by atoms with E-state index < -0.39 is 11.6 Å². The van der Waals surface area contributed by atoms with Crippen LogP contribution < -0.4 is 10.6 Å². The van der Waals surface area contributed by atoms with E-state index in [4.69, 9.17) is 0 Å². The summed E-state index contributed by atoms with van der Waals surface area (Å²) in [5, 5.41) is 15.4. The van der Waals surface area contributed by atoms with Gasteiger partial charge in [0.25, 0.3) is 0 Å². The summed E-state index contributed by atoms with van der Waals surface area (Å²) in [6, 6.07) is 8.90. The summed E-state index contributed by atoms with van der Waals surface area (Å²) in [7, 11) is 0. The van der Waals surface area contributed by atoms with Crippen LogP contribution in [-0.2, 0) is 6.54 Å². The highest BCUT2D eigenvalue weighted by atomic mass is 19.2. The van der Waals surface area contributed by atoms with Gasteiger partial charge < -0.3 is 15.7 Å². The van der Waals surface area contributed by atoms with Crippen molar-refractivity contribution in [2.45, 2.75) is 19.5 Å². The van der Waals surface area contributed by atoms with Crippen LogP contribution in [0.1, 0.15) is 12.5 Å². The summed E-state index contributed by atoms with van der Waals surface area (Å²) in [4.78, 5) is 12.8. The lowest BCUT2D eigenvalue weighted by Crippen LogP contribution is -2.21. The monoisotopic (exact) mass is 371 g/mol. The summed E-state index contributed by atoms with van der Waals surface area (Å²) in [6.07, 6.45) is 3.32. The average Bonchev–Trinajstić information content (AvgIpc) is 2.69. The molecule has 0 radical (unpaired) electrons. The molecule has 0 unspecified atom stereocenters. The van der Waals surface area contributed by atoms with Gasteiger partial charge in [-0.15, -0.1) is 0 Å². The van der Waals surface area contributed by atoms with Crippen LogP contribution in [-0.4, -0.2) is 32.7 Å². The fraction of sp³-hybridized carbons (Fsp3) is 0.211. The molecule has 0 aliphatic rings. The van der Waals surface area contributed by atoms with Crippen molar-refractivity contribution < 1.29 is 13.9 Å². The first-order valence-corrected chi connectivity index (χ1v) is 8.40. The van der Waals surface area contributed by atoms with Gasteiger partial charge in [-0.1, -0.05) is 6.07 Å². The van der Waals surface area contributed by atoms with E-state index in [2.05, 4.69) is 25.6 Å². The van der Waals surface area contributed by atoms with Crippen molar-refractivity contribution in [3.05, 3.63) is 66.0 Å². The average molecular weight is 371 g/mol. The summed E-state index contributed by atoms with van der Waals surface area (Å²) in [6.45, 7) is 2.00. The highest BCUT2D eigenvalue weighted by Crippen LogP contribution is 2.22. The Labute approximate surface area is 155 Å². The van der Waals surface area contributed by atoms with Gasteiger partial charge in [-0.25, -0.2) is 13.8 Å². The van der Waals surface area contributed by atoms with Gasteiger partial charge in [0.2, 0.25) is 5.95 Å². The van der Waals surface area contributed by atoms with Crippen LogP contribution in [0.3, 0.4) is 0 Å². The topological polar surface area (TPSA) is 83.0 Å². The smallest absolute Gasteiger partial charge is 0.225 e. The fourth-order valence-corrected chi connectivity index (χ4v) is 2.38. The van der Waals surface area contributed by atoms with Gasteiger partial charge in [0.1, 0.15) is 5.82 Å². The Balaban J connectivity index is 1.86. The molecule has 8 heteroatoms. The second-order valence-electron chi connectivity index (χ2n) is 6.03. The highest BCUT2D eigenvalue weighted by Gasteiger charge is 2.10. The number of aliphatic hydroxyl groups is 1. The van der Waals surface area contributed by atoms with Crippen molar-refractivity contribution in [3.63, 3.8) is 0 Å². The molecule has 3 N–H and O–H groups in total. The molecule has 6 nitrogen and oxygen atoms in total. The molecule has 0 spiro atoms. The molecule has 2 heterocycles. The molecule has 2 aromatic heterocycles. The molecule has 0 aliphatic carbocycles. The molecule has 0 bridgehead atoms. The summed E-state index contributed by atoms with van der Waals surface area (Å²) >= 11 is 0. The van der Waals surface area contributed by atoms with Crippen molar-refractivity contribution in [1.82, 2.24) is 15.0 Å². The molecule has 3 aromatic rings. The number of aliphatic hydroxyl groups excluding tert-OH is 1. The summed E-state index contributed by atoms with van der Waals surface area (Å²) in [5.74, 6) is -0.924. The number of pyridine rings is 1. The molecular formula is C19H19F2N5O. The molecule has 27 heavy (non-hydrogen) atoms. The molecule has 0 fully saturated rings. The summed E-state index contributed by atoms with van der Waals surface area (Å²) in [5.41, 5.74) is 2.09. The largest absolute Gasteiger partial charge is 0.394 e. The molecule has 1 aromatic carbocycles. The molecule has 0 saturated carbocycles. The van der Waals surface area contributed by atoms with Crippen molar-refractivity contribution in [1.29, 1.82) is 0 Å². The van der Waals surface area contributed by atoms with E-state index in [9.17, 15) is 13.9 Å². The maximum Gasteiger partial charge on any atom is 0.225 e. The van der Waals surface area contributed by atoms with E-state index >= 15 is 0 Å². The lowest BCUT2D eigenvalue weighted by atomic mass is 10.2. The third-order valence-electron chi connectivity index (χ3n) is 3.81. The molecule has 3 rings (SSSR count). The van der Waals surface area contributed by atoms with E-state index in [0.29, 0.717) is 23.0 Å². The molecule has 1 atom stereocenters. The number of halogens is 2. The maximum atomic E-state index is 13.4. The number of nitrogens with one attached hydrogen (secondary N) is 2. The first-order valence-electron chi connectivity index (χ1n) is 8.40. The minimum Gasteiger partial charge on any atom is -0.394 e. The van der Waals surface area contributed by atoms with E-state index in [1.807, 2.05) is 12.1 Å². The molecular weight excluding hydrogens is 352 g/mol. The first kappa shape index (κ1) is 18.7. The number of aromatic nitrogens is 3. The van der Waals surface area contributed by atoms with Crippen molar-refractivity contribution >= 4 is 11.8 Å². The van der Waals surface area contributed by atoms with Crippen LogP contribution in [0, 0.1) is 11.6 Å². The normalized spacial score (nSPS) is 11.9. The van der Waals surface area contributed by atoms with Crippen LogP contribution in [0.25, 0.3) is 11.3 Å². The van der Waals surface area contributed by atoms with Crippen molar-refractivity contribution in [2.24, 2.45) is 0 Å². The number of hydrogen-bond donors (Lipinski definition) is 3. The highest BCUT2D eigenvalue weighted by molar-refractivity contribution is 5.64. The Morgan fingerprint density at radius 2 is 1.81 bits per heavy atom. The molecule has 0 saturated heterocycles. The number of rotatable bonds is 7. The zero-order valence-electron chi connectivity index (χ0n) is 14.7. The Hall–Kier alpha value is -3.13. The van der Waals surface area contributed by atoms with Crippen molar-refractivity contribution in [3.8, 4) is 11.3 Å². The van der Waals surface area contributed by atoms with Crippen LogP contribution in [0.15, 0.2) is 48.8 Å². The second-order valence-corrected chi connectivity index (χ2v) is 6.03. The third kappa shape index (κ3) is 4.95. The lowest BCUT2D eigenvalue weighted by molar-refractivity contribution is 0.281. The van der Waals surface area contributed by atoms with Gasteiger partial charge in [0.05, 0.1) is 12.3 Å². The quantitative estimate of drug-likeness (QED) is 0.592. The SMILES string of the molecule is C[C@@H](CO)Nc1nc(NCc2ccc(F)c(F)c2)cc(-c2ccncc2)n1. The number of hydrogen-bond acceptors (Lipinski definition) is 6. The van der Waals surface area contributed by atoms with Gasteiger partial charge >= 0.3 is 0 Å². The zero-order valence-corrected chi connectivity index (χ0v) is 14.7. The third-order valence-corrected chi connectivity index (χ3v) is 3.81. The Kier molecular flexibility index (Phi) is 5.87. The number of benzene rings is 1. The van der Waals surface area contributed by atoms with Gasteiger partial charge in [0.15, 0.2) is 11.6 Å². The Morgan fingerprint density at radius 3 is 2.52 bits per heavy atom. The minimum absolute atomic E-state index is 0.0690. The minimum atomic E-state index is -0.895. The fourth-order valence-electron chi connectivity index (χ4n) is 2.38. The van der Waals surface area contributed by atoms with E-state index in [0.717, 1.165) is 17.7 Å². The maximum absolute atomic E-state index is 13.4. The second kappa shape index (κ2) is 8.50. The van der Waals surface area contributed by atoms with Gasteiger partial charge in [0, 0.05) is 36.6 Å². The molecule has 140 valence electrons. The van der Waals surface area contributed by atoms with Gasteiger partial charge in [-0.3, -0.25) is 4.98 Å². The predicted molar refractivity (Wildman–Crippen MR) is 99.1 cm³/mol. The number of nitrogens with zero attached hydrogens (tertiary/aromatic N) is 3. The lowest BCUT2D eigenvalue weighted by Gasteiger charge is -2.14. The van der Waals surface area contributed by atoms with Gasteiger partial charge in [-0.05, 0) is 36.8 Å². The van der Waals surface area contributed by atoms with E-state index in [1.54, 1.807) is 25.4 Å².